The zero-order valence-electron chi connectivity index (χ0n) is 13.4. The highest BCUT2D eigenvalue weighted by Gasteiger charge is 2.13. The van der Waals surface area contributed by atoms with Crippen molar-refractivity contribution in [2.45, 2.75) is 0 Å². The summed E-state index contributed by atoms with van der Waals surface area (Å²) < 4.78 is 13.9. The van der Waals surface area contributed by atoms with Crippen LogP contribution < -0.4 is 11.3 Å². The number of benzene rings is 3. The van der Waals surface area contributed by atoms with Crippen molar-refractivity contribution in [2.24, 2.45) is 10.8 Å². The Morgan fingerprint density at radius 3 is 2.28 bits per heavy atom. The molecule has 0 saturated heterocycles. The topological polar surface area (TPSA) is 74.3 Å². The molecule has 0 saturated carbocycles. The Bertz CT molecular complexity index is 934. The Balaban J connectivity index is 2.17. The van der Waals surface area contributed by atoms with Crippen LogP contribution in [0.4, 0.5) is 10.1 Å². The van der Waals surface area contributed by atoms with Crippen LogP contribution in [0.25, 0.3) is 11.1 Å². The predicted octanol–water partition coefficient (Wildman–Crippen LogP) is 4.03. The summed E-state index contributed by atoms with van der Waals surface area (Å²) in [6.45, 7) is 0. The molecule has 3 aromatic rings. The van der Waals surface area contributed by atoms with Gasteiger partial charge in [0.05, 0.1) is 0 Å². The summed E-state index contributed by atoms with van der Waals surface area (Å²) in [6, 6.07) is 21.4. The minimum absolute atomic E-state index is 0.200. The lowest BCUT2D eigenvalue weighted by Gasteiger charge is -2.14. The average Bonchev–Trinajstić information content (AvgIpc) is 2.67. The lowest BCUT2D eigenvalue weighted by Crippen LogP contribution is -2.31. The van der Waals surface area contributed by atoms with E-state index in [9.17, 15) is 4.39 Å². The maximum Gasteiger partial charge on any atom is 0.148 e. The molecule has 3 rings (SSSR count). The standard InChI is InChI=1S/C20H17FN4/c21-18-11-5-6-12-19(18)24-20(25-23)17-10-4-3-9-16(17)15-8-2-1-7-14(15)13-22/h1-13,22H,23H2,(H,24,25). The Kier molecular flexibility index (Phi) is 4.97. The van der Waals surface area contributed by atoms with E-state index in [2.05, 4.69) is 10.4 Å². The van der Waals surface area contributed by atoms with Gasteiger partial charge in [0, 0.05) is 11.8 Å². The Labute approximate surface area is 145 Å². The number of halogens is 1. The lowest BCUT2D eigenvalue weighted by atomic mass is 9.95. The predicted molar refractivity (Wildman–Crippen MR) is 99.7 cm³/mol. The quantitative estimate of drug-likeness (QED) is 0.292. The van der Waals surface area contributed by atoms with E-state index in [1.807, 2.05) is 48.5 Å². The van der Waals surface area contributed by atoms with Crippen LogP contribution in [-0.2, 0) is 0 Å². The van der Waals surface area contributed by atoms with Crippen LogP contribution in [0.5, 0.6) is 0 Å². The van der Waals surface area contributed by atoms with Crippen molar-refractivity contribution >= 4 is 17.7 Å². The van der Waals surface area contributed by atoms with Gasteiger partial charge in [-0.15, -0.1) is 0 Å². The largest absolute Gasteiger partial charge is 0.308 e. The second kappa shape index (κ2) is 7.51. The first-order valence-corrected chi connectivity index (χ1v) is 7.73. The first-order valence-electron chi connectivity index (χ1n) is 7.73. The number of hydrazine groups is 1. The van der Waals surface area contributed by atoms with Gasteiger partial charge in [0.15, 0.2) is 0 Å². The molecule has 0 aliphatic carbocycles. The normalized spacial score (nSPS) is 11.2. The summed E-state index contributed by atoms with van der Waals surface area (Å²) in [5, 5.41) is 7.62. The number of amidine groups is 1. The molecule has 0 fully saturated rings. The van der Waals surface area contributed by atoms with Crippen LogP contribution in [0.1, 0.15) is 11.1 Å². The summed E-state index contributed by atoms with van der Waals surface area (Å²) in [7, 11) is 0. The molecule has 0 aliphatic heterocycles. The molecular weight excluding hydrogens is 315 g/mol. The van der Waals surface area contributed by atoms with Gasteiger partial charge in [-0.05, 0) is 28.8 Å². The smallest absolute Gasteiger partial charge is 0.148 e. The molecule has 0 spiro atoms. The highest BCUT2D eigenvalue weighted by molar-refractivity contribution is 6.06. The van der Waals surface area contributed by atoms with Gasteiger partial charge in [-0.2, -0.15) is 0 Å². The number of nitrogens with two attached hydrogens (primary N) is 1. The molecule has 25 heavy (non-hydrogen) atoms. The van der Waals surface area contributed by atoms with Gasteiger partial charge in [0.25, 0.3) is 0 Å². The summed E-state index contributed by atoms with van der Waals surface area (Å²) in [6.07, 6.45) is 1.30. The van der Waals surface area contributed by atoms with Crippen molar-refractivity contribution < 1.29 is 4.39 Å². The molecule has 0 atom stereocenters. The minimum Gasteiger partial charge on any atom is -0.308 e. The third-order valence-corrected chi connectivity index (χ3v) is 3.81. The van der Waals surface area contributed by atoms with Crippen LogP contribution >= 0.6 is 0 Å². The van der Waals surface area contributed by atoms with E-state index in [0.29, 0.717) is 5.84 Å². The summed E-state index contributed by atoms with van der Waals surface area (Å²) in [4.78, 5) is 4.34. The summed E-state index contributed by atoms with van der Waals surface area (Å²) in [5.41, 5.74) is 6.00. The molecule has 0 radical (unpaired) electrons. The van der Waals surface area contributed by atoms with Crippen molar-refractivity contribution in [3.8, 4) is 11.1 Å². The molecule has 4 N–H and O–H groups in total. The van der Waals surface area contributed by atoms with E-state index >= 15 is 0 Å². The molecule has 4 nitrogen and oxygen atoms in total. The van der Waals surface area contributed by atoms with E-state index in [-0.39, 0.29) is 5.69 Å². The van der Waals surface area contributed by atoms with Crippen molar-refractivity contribution in [3.05, 3.63) is 89.7 Å². The first-order chi connectivity index (χ1) is 12.2. The number of nitrogens with zero attached hydrogens (tertiary/aromatic N) is 1. The van der Waals surface area contributed by atoms with Gasteiger partial charge in [-0.25, -0.2) is 15.2 Å². The fourth-order valence-corrected chi connectivity index (χ4v) is 2.63. The van der Waals surface area contributed by atoms with Gasteiger partial charge < -0.3 is 10.8 Å². The summed E-state index contributed by atoms with van der Waals surface area (Å²) >= 11 is 0. The molecule has 0 heterocycles. The average molecular weight is 332 g/mol. The van der Waals surface area contributed by atoms with Crippen LogP contribution in [-0.4, -0.2) is 12.1 Å². The zero-order chi connectivity index (χ0) is 17.6. The maximum atomic E-state index is 13.9. The van der Waals surface area contributed by atoms with Crippen molar-refractivity contribution in [2.75, 3.05) is 0 Å². The van der Waals surface area contributed by atoms with Gasteiger partial charge in [0.1, 0.15) is 17.3 Å². The van der Waals surface area contributed by atoms with Crippen LogP contribution in [0.15, 0.2) is 77.8 Å². The SMILES string of the molecule is N=Cc1ccccc1-c1ccccc1C(=Nc1ccccc1F)NN. The molecular formula is C20H17FN4. The van der Waals surface area contributed by atoms with Crippen LogP contribution in [0.2, 0.25) is 0 Å². The fourth-order valence-electron chi connectivity index (χ4n) is 2.63. The minimum atomic E-state index is -0.423. The van der Waals surface area contributed by atoms with E-state index < -0.39 is 5.82 Å². The third-order valence-electron chi connectivity index (χ3n) is 3.81. The lowest BCUT2D eigenvalue weighted by molar-refractivity contribution is 0.630. The number of para-hydroxylation sites is 1. The van der Waals surface area contributed by atoms with Crippen molar-refractivity contribution in [1.29, 1.82) is 5.41 Å². The van der Waals surface area contributed by atoms with E-state index in [1.165, 1.54) is 12.3 Å². The highest BCUT2D eigenvalue weighted by Crippen LogP contribution is 2.27. The Hall–Kier alpha value is -3.31. The van der Waals surface area contributed by atoms with Gasteiger partial charge in [-0.3, -0.25) is 0 Å². The number of hydrogen-bond acceptors (Lipinski definition) is 3. The molecule has 0 aromatic heterocycles. The fraction of sp³-hybridized carbons (Fsp3) is 0. The van der Waals surface area contributed by atoms with Gasteiger partial charge >= 0.3 is 0 Å². The van der Waals surface area contributed by atoms with Crippen molar-refractivity contribution in [3.63, 3.8) is 0 Å². The molecule has 0 amide bonds. The second-order valence-corrected chi connectivity index (χ2v) is 5.33. The number of nitrogens with one attached hydrogen (secondary N) is 2. The second-order valence-electron chi connectivity index (χ2n) is 5.33. The maximum absolute atomic E-state index is 13.9. The molecule has 0 bridgehead atoms. The van der Waals surface area contributed by atoms with Crippen molar-refractivity contribution in [1.82, 2.24) is 5.43 Å². The van der Waals surface area contributed by atoms with Crippen LogP contribution in [0.3, 0.4) is 0 Å². The van der Waals surface area contributed by atoms with E-state index in [0.717, 1.165) is 22.3 Å². The van der Waals surface area contributed by atoms with E-state index in [4.69, 9.17) is 11.3 Å². The monoisotopic (exact) mass is 332 g/mol. The van der Waals surface area contributed by atoms with Crippen LogP contribution in [0, 0.1) is 11.2 Å². The molecule has 5 heteroatoms. The highest BCUT2D eigenvalue weighted by atomic mass is 19.1. The summed E-state index contributed by atoms with van der Waals surface area (Å²) in [5.74, 6) is 5.60. The molecule has 124 valence electrons. The third kappa shape index (κ3) is 3.46. The van der Waals surface area contributed by atoms with E-state index in [1.54, 1.807) is 18.2 Å². The molecule has 0 unspecified atom stereocenters. The van der Waals surface area contributed by atoms with Gasteiger partial charge in [-0.1, -0.05) is 60.7 Å². The first kappa shape index (κ1) is 16.5. The Morgan fingerprint density at radius 1 is 0.920 bits per heavy atom. The molecule has 0 aliphatic rings. The molecule has 3 aromatic carbocycles. The Morgan fingerprint density at radius 2 is 1.56 bits per heavy atom. The number of aliphatic imine (C=N–C) groups is 1. The zero-order valence-corrected chi connectivity index (χ0v) is 13.4. The number of rotatable bonds is 4. The van der Waals surface area contributed by atoms with Gasteiger partial charge in [0.2, 0.25) is 0 Å². The number of hydrogen-bond donors (Lipinski definition) is 3.